The van der Waals surface area contributed by atoms with Crippen LogP contribution in [-0.4, -0.2) is 78.7 Å². The Labute approximate surface area is 270 Å². The summed E-state index contributed by atoms with van der Waals surface area (Å²) in [7, 11) is -2.96. The smallest absolute Gasteiger partial charge is 0.264 e. The zero-order chi connectivity index (χ0) is 32.1. The Hall–Kier alpha value is -2.80. The molecule has 4 aliphatic heterocycles. The van der Waals surface area contributed by atoms with Crippen LogP contribution in [0.15, 0.2) is 42.5 Å². The number of carbonyl (C=O) groups is 3. The molecule has 0 aromatic heterocycles. The fourth-order valence-corrected chi connectivity index (χ4v) is 10.8. The number of benzene rings is 2. The van der Waals surface area contributed by atoms with Crippen molar-refractivity contribution in [1.29, 1.82) is 0 Å². The van der Waals surface area contributed by atoms with Gasteiger partial charge in [0.1, 0.15) is 0 Å². The molecule has 12 heteroatoms. The number of nitrogens with zero attached hydrogens (tertiary/aromatic N) is 2. The van der Waals surface area contributed by atoms with Crippen molar-refractivity contribution in [2.24, 2.45) is 5.92 Å². The van der Waals surface area contributed by atoms with Crippen LogP contribution in [0.2, 0.25) is 23.7 Å². The highest BCUT2D eigenvalue weighted by Gasteiger charge is 2.66. The van der Waals surface area contributed by atoms with E-state index in [1.54, 1.807) is 21.9 Å². The Bertz CT molecular complexity index is 1480. The fraction of sp³-hybridized carbons (Fsp3) is 0.545. The number of aliphatic hydroxyl groups excluding tert-OH is 1. The van der Waals surface area contributed by atoms with Gasteiger partial charge in [-0.25, -0.2) is 0 Å². The van der Waals surface area contributed by atoms with E-state index in [1.807, 2.05) is 50.3 Å². The predicted molar refractivity (Wildman–Crippen MR) is 174 cm³/mol. The molecular weight excluding hydrogens is 612 g/mol. The quantitative estimate of drug-likeness (QED) is 0.319. The third-order valence-corrected chi connectivity index (χ3v) is 12.9. The standard InChI is InChI=1S/C33H43ClN4O6Si/c1-20-30(45(2,3)43)28(17-29(40)37-14-6-9-24(37)19-39)44-33(20)25-16-22(34)11-12-27(25)38(32(33)42)18-21-7-4-8-23(15-21)36-31(41)26-10-5-13-35-26/h4,7-8,11-12,15-16,20,24,26,28,30,35,39,43H,5-6,9-10,13-14,17-19H2,1-3H3,(H,36,41)/t20-,24+,26-,28+,30-,33+/m1/s1. The van der Waals surface area contributed by atoms with Gasteiger partial charge in [-0.3, -0.25) is 14.4 Å². The van der Waals surface area contributed by atoms with Crippen LogP contribution in [0.4, 0.5) is 11.4 Å². The Balaban J connectivity index is 1.31. The normalized spacial score (nSPS) is 29.6. The van der Waals surface area contributed by atoms with Gasteiger partial charge in [-0.05, 0) is 81.2 Å². The molecule has 3 amide bonds. The summed E-state index contributed by atoms with van der Waals surface area (Å²) < 4.78 is 6.81. The number of likely N-dealkylation sites (tertiary alicyclic amines) is 1. The Kier molecular flexibility index (Phi) is 8.88. The van der Waals surface area contributed by atoms with E-state index in [-0.39, 0.29) is 49.4 Å². The van der Waals surface area contributed by atoms with Crippen molar-refractivity contribution in [3.63, 3.8) is 0 Å². The first-order chi connectivity index (χ1) is 21.4. The van der Waals surface area contributed by atoms with E-state index >= 15 is 0 Å². The maximum atomic E-state index is 14.7. The van der Waals surface area contributed by atoms with Crippen molar-refractivity contribution in [1.82, 2.24) is 10.2 Å². The average Bonchev–Trinajstić information content (AvgIpc) is 3.78. The first kappa shape index (κ1) is 32.2. The van der Waals surface area contributed by atoms with Crippen LogP contribution in [0.3, 0.4) is 0 Å². The fourth-order valence-electron chi connectivity index (χ4n) is 8.12. The van der Waals surface area contributed by atoms with Gasteiger partial charge in [-0.1, -0.05) is 30.7 Å². The molecular formula is C33H43ClN4O6Si. The number of carbonyl (C=O) groups excluding carboxylic acids is 3. The minimum atomic E-state index is -2.96. The lowest BCUT2D eigenvalue weighted by Crippen LogP contribution is -2.46. The molecule has 0 radical (unpaired) electrons. The molecule has 45 heavy (non-hydrogen) atoms. The van der Waals surface area contributed by atoms with E-state index in [0.717, 1.165) is 37.8 Å². The van der Waals surface area contributed by atoms with Crippen LogP contribution < -0.4 is 15.5 Å². The summed E-state index contributed by atoms with van der Waals surface area (Å²) in [5, 5.41) is 16.5. The molecule has 0 bridgehead atoms. The summed E-state index contributed by atoms with van der Waals surface area (Å²) in [6.45, 7) is 7.14. The zero-order valence-electron chi connectivity index (χ0n) is 26.1. The molecule has 3 saturated heterocycles. The van der Waals surface area contributed by atoms with Crippen molar-refractivity contribution in [3.05, 3.63) is 58.6 Å². The topological polar surface area (TPSA) is 131 Å². The van der Waals surface area contributed by atoms with Crippen LogP contribution in [0.5, 0.6) is 0 Å². The van der Waals surface area contributed by atoms with Gasteiger partial charge >= 0.3 is 0 Å². The summed E-state index contributed by atoms with van der Waals surface area (Å²) in [6.07, 6.45) is 2.68. The maximum absolute atomic E-state index is 14.7. The number of ether oxygens (including phenoxy) is 1. The van der Waals surface area contributed by atoms with Crippen LogP contribution in [0.1, 0.15) is 50.2 Å². The summed E-state index contributed by atoms with van der Waals surface area (Å²) in [4.78, 5) is 55.9. The van der Waals surface area contributed by atoms with Crippen LogP contribution >= 0.6 is 11.6 Å². The molecule has 242 valence electrons. The number of amides is 3. The van der Waals surface area contributed by atoms with Crippen molar-refractivity contribution in [3.8, 4) is 0 Å². The lowest BCUT2D eigenvalue weighted by molar-refractivity contribution is -0.150. The highest BCUT2D eigenvalue weighted by Crippen LogP contribution is 2.60. The molecule has 0 aliphatic carbocycles. The highest BCUT2D eigenvalue weighted by molar-refractivity contribution is 6.71. The maximum Gasteiger partial charge on any atom is 0.264 e. The lowest BCUT2D eigenvalue weighted by atomic mass is 9.82. The minimum absolute atomic E-state index is 0.0189. The van der Waals surface area contributed by atoms with Gasteiger partial charge in [0.05, 0.1) is 43.4 Å². The minimum Gasteiger partial charge on any atom is -0.432 e. The van der Waals surface area contributed by atoms with E-state index in [1.165, 1.54) is 0 Å². The number of rotatable bonds is 8. The highest BCUT2D eigenvalue weighted by atomic mass is 35.5. The molecule has 2 aromatic rings. The Morgan fingerprint density at radius 2 is 1.98 bits per heavy atom. The van der Waals surface area contributed by atoms with Gasteiger partial charge in [0.2, 0.25) is 11.8 Å². The van der Waals surface area contributed by atoms with E-state index in [2.05, 4.69) is 10.6 Å². The van der Waals surface area contributed by atoms with E-state index in [0.29, 0.717) is 28.5 Å². The summed E-state index contributed by atoms with van der Waals surface area (Å²) >= 11 is 6.52. The lowest BCUT2D eigenvalue weighted by Gasteiger charge is -2.32. The summed E-state index contributed by atoms with van der Waals surface area (Å²) in [5.74, 6) is -0.905. The number of fused-ring (bicyclic) bond motifs is 2. The van der Waals surface area contributed by atoms with Crippen molar-refractivity contribution < 1.29 is 29.0 Å². The van der Waals surface area contributed by atoms with Gasteiger partial charge in [-0.2, -0.15) is 0 Å². The molecule has 6 rings (SSSR count). The SMILES string of the molecule is C[C@@H]1[C@@H]([Si](C)(C)O)[C@H](CC(=O)N2CCC[C@H]2CO)O[C@@]12C(=O)N(Cc1cccc(NC(=O)[C@H]3CCCN3)c1)c1ccc(Cl)cc12. The molecule has 4 heterocycles. The van der Waals surface area contributed by atoms with E-state index in [9.17, 15) is 24.3 Å². The summed E-state index contributed by atoms with van der Waals surface area (Å²) in [6, 6.07) is 12.4. The molecule has 3 fully saturated rings. The number of hydrogen-bond acceptors (Lipinski definition) is 7. The first-order valence-corrected chi connectivity index (χ1v) is 19.4. The average molecular weight is 655 g/mol. The van der Waals surface area contributed by atoms with Gasteiger partial charge in [-0.15, -0.1) is 0 Å². The third kappa shape index (κ3) is 5.83. The van der Waals surface area contributed by atoms with E-state index in [4.69, 9.17) is 16.3 Å². The molecule has 10 nitrogen and oxygen atoms in total. The van der Waals surface area contributed by atoms with Crippen molar-refractivity contribution >= 4 is 49.0 Å². The van der Waals surface area contributed by atoms with Crippen LogP contribution in [-0.2, 0) is 31.3 Å². The molecule has 0 saturated carbocycles. The van der Waals surface area contributed by atoms with Crippen molar-refractivity contribution in [2.45, 2.75) is 88.0 Å². The zero-order valence-corrected chi connectivity index (χ0v) is 27.8. The number of hydrogen-bond donors (Lipinski definition) is 4. The number of aliphatic hydroxyl groups is 1. The second kappa shape index (κ2) is 12.4. The second-order valence-corrected chi connectivity index (χ2v) is 17.9. The van der Waals surface area contributed by atoms with Crippen molar-refractivity contribution in [2.75, 3.05) is 29.9 Å². The Morgan fingerprint density at radius 3 is 2.69 bits per heavy atom. The second-order valence-electron chi connectivity index (χ2n) is 13.5. The molecule has 6 atom stereocenters. The number of anilines is 2. The molecule has 2 aromatic carbocycles. The number of nitrogens with one attached hydrogen (secondary N) is 2. The largest absolute Gasteiger partial charge is 0.432 e. The molecule has 1 spiro atoms. The molecule has 4 aliphatic rings. The van der Waals surface area contributed by atoms with Gasteiger partial charge in [0.25, 0.3) is 5.91 Å². The van der Waals surface area contributed by atoms with Gasteiger partial charge in [0, 0.05) is 34.3 Å². The molecule has 0 unspecified atom stereocenters. The molecule has 4 N–H and O–H groups in total. The first-order valence-electron chi connectivity index (χ1n) is 16.0. The number of halogens is 1. The van der Waals surface area contributed by atoms with Crippen LogP contribution in [0.25, 0.3) is 0 Å². The van der Waals surface area contributed by atoms with Gasteiger partial charge in [0.15, 0.2) is 13.9 Å². The third-order valence-electron chi connectivity index (χ3n) is 10.1. The summed E-state index contributed by atoms with van der Waals surface area (Å²) in [5.41, 5.74) is 0.956. The van der Waals surface area contributed by atoms with E-state index < -0.39 is 31.5 Å². The van der Waals surface area contributed by atoms with Crippen LogP contribution in [0, 0.1) is 5.92 Å². The predicted octanol–water partition coefficient (Wildman–Crippen LogP) is 3.75. The monoisotopic (exact) mass is 654 g/mol. The Morgan fingerprint density at radius 1 is 1.18 bits per heavy atom. The van der Waals surface area contributed by atoms with Gasteiger partial charge < -0.3 is 35.1 Å².